The summed E-state index contributed by atoms with van der Waals surface area (Å²) < 4.78 is 1.75. The third-order valence-electron chi connectivity index (χ3n) is 2.68. The molecule has 0 bridgehead atoms. The van der Waals surface area contributed by atoms with Crippen LogP contribution in [0.3, 0.4) is 0 Å². The van der Waals surface area contributed by atoms with Gasteiger partial charge in [0.2, 0.25) is 5.91 Å². The van der Waals surface area contributed by atoms with E-state index in [0.717, 1.165) is 12.0 Å². The molecule has 3 N–H and O–H groups in total. The van der Waals surface area contributed by atoms with Crippen molar-refractivity contribution in [2.45, 2.75) is 12.8 Å². The molecular weight excluding hydrogens is 242 g/mol. The maximum atomic E-state index is 11.7. The zero-order valence-corrected chi connectivity index (χ0v) is 10.8. The van der Waals surface area contributed by atoms with E-state index < -0.39 is 0 Å². The molecule has 0 fully saturated rings. The molecule has 0 saturated carbocycles. The number of nitrogens with zero attached hydrogens (tertiary/aromatic N) is 3. The van der Waals surface area contributed by atoms with Crippen molar-refractivity contribution < 1.29 is 4.79 Å². The van der Waals surface area contributed by atoms with Crippen molar-refractivity contribution in [2.75, 3.05) is 12.3 Å². The van der Waals surface area contributed by atoms with Gasteiger partial charge in [0.25, 0.3) is 0 Å². The van der Waals surface area contributed by atoms with E-state index in [-0.39, 0.29) is 12.3 Å². The predicted molar refractivity (Wildman–Crippen MR) is 72.3 cm³/mol. The maximum Gasteiger partial charge on any atom is 0.226 e. The molecule has 0 aromatic carbocycles. The summed E-state index contributed by atoms with van der Waals surface area (Å²) in [6.07, 6.45) is 6.34. The second-order valence-electron chi connectivity index (χ2n) is 4.38. The number of amides is 1. The second kappa shape index (κ2) is 5.99. The number of aromatic nitrogens is 3. The minimum absolute atomic E-state index is 0.0406. The fourth-order valence-electron chi connectivity index (χ4n) is 1.71. The minimum atomic E-state index is -0.0406. The summed E-state index contributed by atoms with van der Waals surface area (Å²) in [7, 11) is 1.87. The summed E-state index contributed by atoms with van der Waals surface area (Å²) in [5, 5.41) is 6.93. The number of nitrogens with two attached hydrogens (primary N) is 1. The van der Waals surface area contributed by atoms with Crippen molar-refractivity contribution in [3.05, 3.63) is 42.0 Å². The summed E-state index contributed by atoms with van der Waals surface area (Å²) >= 11 is 0. The molecule has 1 amide bonds. The van der Waals surface area contributed by atoms with Gasteiger partial charge in [-0.3, -0.25) is 14.5 Å². The number of pyridine rings is 1. The molecule has 2 aromatic rings. The number of anilines is 1. The van der Waals surface area contributed by atoms with E-state index in [4.69, 9.17) is 5.73 Å². The Labute approximate surface area is 111 Å². The summed E-state index contributed by atoms with van der Waals surface area (Å²) in [5.74, 6) is -0.0406. The summed E-state index contributed by atoms with van der Waals surface area (Å²) in [5.41, 5.74) is 7.95. The predicted octanol–water partition coefficient (Wildman–Crippen LogP) is 0.299. The van der Waals surface area contributed by atoms with Crippen LogP contribution in [0, 0.1) is 0 Å². The van der Waals surface area contributed by atoms with Crippen LogP contribution in [0.1, 0.15) is 11.3 Å². The number of carbonyl (C=O) groups excluding carboxylic acids is 1. The van der Waals surface area contributed by atoms with Crippen LogP contribution in [-0.4, -0.2) is 27.2 Å². The van der Waals surface area contributed by atoms with Crippen LogP contribution >= 0.6 is 0 Å². The smallest absolute Gasteiger partial charge is 0.226 e. The van der Waals surface area contributed by atoms with E-state index in [9.17, 15) is 4.79 Å². The molecule has 0 unspecified atom stereocenters. The second-order valence-corrected chi connectivity index (χ2v) is 4.38. The van der Waals surface area contributed by atoms with Gasteiger partial charge in [-0.2, -0.15) is 5.10 Å². The zero-order chi connectivity index (χ0) is 13.7. The van der Waals surface area contributed by atoms with E-state index in [1.165, 1.54) is 0 Å². The first-order chi connectivity index (χ1) is 9.13. The molecule has 0 saturated heterocycles. The summed E-state index contributed by atoms with van der Waals surface area (Å²) in [6, 6.07) is 3.50. The average Bonchev–Trinajstić information content (AvgIpc) is 2.78. The first kappa shape index (κ1) is 13.1. The lowest BCUT2D eigenvalue weighted by Crippen LogP contribution is -2.27. The number of nitrogen functional groups attached to an aromatic ring is 1. The molecule has 0 aliphatic rings. The Hall–Kier alpha value is -2.37. The summed E-state index contributed by atoms with van der Waals surface area (Å²) in [6.45, 7) is 0.597. The van der Waals surface area contributed by atoms with Gasteiger partial charge in [0.05, 0.1) is 24.5 Å². The van der Waals surface area contributed by atoms with Crippen molar-refractivity contribution in [3.8, 4) is 0 Å². The molecule has 2 aromatic heterocycles. The standard InChI is InChI=1S/C13H17N5O/c1-18-9-10(7-17-18)4-5-15-13(19)6-12-3-2-11(14)8-16-12/h2-3,7-9H,4-6,14H2,1H3,(H,15,19). The van der Waals surface area contributed by atoms with Crippen LogP contribution in [0.25, 0.3) is 0 Å². The Morgan fingerprint density at radius 2 is 2.26 bits per heavy atom. The molecule has 0 spiro atoms. The molecule has 2 heterocycles. The molecule has 100 valence electrons. The first-order valence-electron chi connectivity index (χ1n) is 6.08. The van der Waals surface area contributed by atoms with Gasteiger partial charge in [0.15, 0.2) is 0 Å². The lowest BCUT2D eigenvalue weighted by molar-refractivity contribution is -0.120. The zero-order valence-electron chi connectivity index (χ0n) is 10.8. The number of hydrogen-bond acceptors (Lipinski definition) is 4. The lowest BCUT2D eigenvalue weighted by Gasteiger charge is -2.04. The van der Waals surface area contributed by atoms with Crippen LogP contribution < -0.4 is 11.1 Å². The van der Waals surface area contributed by atoms with E-state index in [1.807, 2.05) is 13.2 Å². The monoisotopic (exact) mass is 259 g/mol. The number of hydrogen-bond donors (Lipinski definition) is 2. The number of carbonyl (C=O) groups is 1. The Morgan fingerprint density at radius 1 is 1.42 bits per heavy atom. The SMILES string of the molecule is Cn1cc(CCNC(=O)Cc2ccc(N)cn2)cn1. The normalized spacial score (nSPS) is 10.4. The van der Waals surface area contributed by atoms with Gasteiger partial charge in [0.1, 0.15) is 0 Å². The first-order valence-corrected chi connectivity index (χ1v) is 6.08. The van der Waals surface area contributed by atoms with Gasteiger partial charge in [-0.05, 0) is 24.1 Å². The highest BCUT2D eigenvalue weighted by Crippen LogP contribution is 2.02. The Bertz CT molecular complexity index is 546. The van der Waals surface area contributed by atoms with Crippen molar-refractivity contribution in [1.29, 1.82) is 0 Å². The van der Waals surface area contributed by atoms with Crippen LogP contribution in [0.15, 0.2) is 30.7 Å². The molecular formula is C13H17N5O. The average molecular weight is 259 g/mol. The third kappa shape index (κ3) is 4.09. The highest BCUT2D eigenvalue weighted by molar-refractivity contribution is 5.78. The van der Waals surface area contributed by atoms with E-state index in [1.54, 1.807) is 29.2 Å². The summed E-state index contributed by atoms with van der Waals surface area (Å²) in [4.78, 5) is 15.8. The number of rotatable bonds is 5. The highest BCUT2D eigenvalue weighted by Gasteiger charge is 2.04. The molecule has 2 rings (SSSR count). The Balaban J connectivity index is 1.74. The van der Waals surface area contributed by atoms with Crippen LogP contribution in [-0.2, 0) is 24.7 Å². The third-order valence-corrected chi connectivity index (χ3v) is 2.68. The Kier molecular flexibility index (Phi) is 4.12. The van der Waals surface area contributed by atoms with Gasteiger partial charge in [-0.15, -0.1) is 0 Å². The lowest BCUT2D eigenvalue weighted by atomic mass is 10.2. The number of nitrogens with one attached hydrogen (secondary N) is 1. The quantitative estimate of drug-likeness (QED) is 0.808. The van der Waals surface area contributed by atoms with Crippen molar-refractivity contribution in [2.24, 2.45) is 7.05 Å². The van der Waals surface area contributed by atoms with Crippen LogP contribution in [0.5, 0.6) is 0 Å². The van der Waals surface area contributed by atoms with Crippen LogP contribution in [0.4, 0.5) is 5.69 Å². The molecule has 0 aliphatic heterocycles. The van der Waals surface area contributed by atoms with Crippen molar-refractivity contribution in [1.82, 2.24) is 20.1 Å². The minimum Gasteiger partial charge on any atom is -0.397 e. The van der Waals surface area contributed by atoms with Gasteiger partial charge in [0, 0.05) is 25.5 Å². The van der Waals surface area contributed by atoms with E-state index in [0.29, 0.717) is 17.9 Å². The molecule has 0 atom stereocenters. The van der Waals surface area contributed by atoms with Gasteiger partial charge in [-0.1, -0.05) is 0 Å². The molecule has 6 nitrogen and oxygen atoms in total. The Morgan fingerprint density at radius 3 is 2.89 bits per heavy atom. The van der Waals surface area contributed by atoms with Crippen molar-refractivity contribution in [3.63, 3.8) is 0 Å². The molecule has 6 heteroatoms. The molecule has 0 aliphatic carbocycles. The molecule has 19 heavy (non-hydrogen) atoms. The number of aryl methyl sites for hydroxylation is 1. The van der Waals surface area contributed by atoms with Gasteiger partial charge < -0.3 is 11.1 Å². The fraction of sp³-hybridized carbons (Fsp3) is 0.308. The van der Waals surface area contributed by atoms with Gasteiger partial charge >= 0.3 is 0 Å². The molecule has 0 radical (unpaired) electrons. The largest absolute Gasteiger partial charge is 0.397 e. The van der Waals surface area contributed by atoms with Crippen LogP contribution in [0.2, 0.25) is 0 Å². The van der Waals surface area contributed by atoms with E-state index >= 15 is 0 Å². The highest BCUT2D eigenvalue weighted by atomic mass is 16.1. The fourth-order valence-corrected chi connectivity index (χ4v) is 1.71. The topological polar surface area (TPSA) is 85.8 Å². The van der Waals surface area contributed by atoms with Crippen molar-refractivity contribution >= 4 is 11.6 Å². The van der Waals surface area contributed by atoms with Gasteiger partial charge in [-0.25, -0.2) is 0 Å². The maximum absolute atomic E-state index is 11.7. The van der Waals surface area contributed by atoms with E-state index in [2.05, 4.69) is 15.4 Å².